The lowest BCUT2D eigenvalue weighted by Gasteiger charge is -2.35. The van der Waals surface area contributed by atoms with Crippen LogP contribution in [0.2, 0.25) is 0 Å². The third kappa shape index (κ3) is 4.04. The van der Waals surface area contributed by atoms with Gasteiger partial charge in [0, 0.05) is 25.9 Å². The number of rotatable bonds is 5. The summed E-state index contributed by atoms with van der Waals surface area (Å²) in [4.78, 5) is 15.2. The highest BCUT2D eigenvalue weighted by Crippen LogP contribution is 2.36. The summed E-state index contributed by atoms with van der Waals surface area (Å²) in [6.07, 6.45) is 5.25. The van der Waals surface area contributed by atoms with E-state index in [0.717, 1.165) is 54.1 Å². The Balaban J connectivity index is 1.62. The molecule has 152 valence electrons. The molecule has 1 aromatic carbocycles. The van der Waals surface area contributed by atoms with Crippen LogP contribution in [0, 0.1) is 6.92 Å². The first-order chi connectivity index (χ1) is 14.0. The molecule has 1 atom stereocenters. The number of carbonyl (C=O) groups excluding carboxylic acids is 1. The SMILES string of the molecule is COc1cccc(CC(=O)N2CCCC[C@H]2c2nn(C)cc2-c2cc(C)no2)c1. The quantitative estimate of drug-likeness (QED) is 0.660. The largest absolute Gasteiger partial charge is 0.497 e. The van der Waals surface area contributed by atoms with Crippen LogP contribution in [-0.2, 0) is 18.3 Å². The van der Waals surface area contributed by atoms with E-state index < -0.39 is 0 Å². The van der Waals surface area contributed by atoms with Crippen molar-refractivity contribution in [2.45, 2.75) is 38.6 Å². The number of ether oxygens (including phenoxy) is 1. The molecule has 3 heterocycles. The van der Waals surface area contributed by atoms with Gasteiger partial charge in [0.05, 0.1) is 36.5 Å². The van der Waals surface area contributed by atoms with Crippen molar-refractivity contribution in [3.63, 3.8) is 0 Å². The molecular formula is C22H26N4O3. The van der Waals surface area contributed by atoms with Gasteiger partial charge in [0.15, 0.2) is 5.76 Å². The molecule has 1 amide bonds. The van der Waals surface area contributed by atoms with Gasteiger partial charge in [-0.15, -0.1) is 0 Å². The second-order valence-corrected chi connectivity index (χ2v) is 7.56. The van der Waals surface area contributed by atoms with E-state index in [2.05, 4.69) is 5.16 Å². The first-order valence-corrected chi connectivity index (χ1v) is 9.95. The summed E-state index contributed by atoms with van der Waals surface area (Å²) >= 11 is 0. The van der Waals surface area contributed by atoms with Gasteiger partial charge in [0.1, 0.15) is 5.75 Å². The third-order valence-corrected chi connectivity index (χ3v) is 5.38. The van der Waals surface area contributed by atoms with Crippen molar-refractivity contribution in [1.82, 2.24) is 19.8 Å². The lowest BCUT2D eigenvalue weighted by atomic mass is 9.95. The minimum absolute atomic E-state index is 0.0662. The Hall–Kier alpha value is -3.09. The molecule has 7 heteroatoms. The maximum absolute atomic E-state index is 13.2. The highest BCUT2D eigenvalue weighted by atomic mass is 16.5. The lowest BCUT2D eigenvalue weighted by molar-refractivity contribution is -0.134. The monoisotopic (exact) mass is 394 g/mol. The molecule has 0 bridgehead atoms. The first kappa shape index (κ1) is 19.2. The van der Waals surface area contributed by atoms with Crippen LogP contribution in [0.3, 0.4) is 0 Å². The van der Waals surface area contributed by atoms with E-state index in [9.17, 15) is 4.79 Å². The number of aryl methyl sites for hydroxylation is 2. The van der Waals surface area contributed by atoms with Crippen LogP contribution in [0.5, 0.6) is 5.75 Å². The van der Waals surface area contributed by atoms with Gasteiger partial charge in [-0.1, -0.05) is 17.3 Å². The van der Waals surface area contributed by atoms with Gasteiger partial charge in [-0.25, -0.2) is 0 Å². The predicted octanol–water partition coefficient (Wildman–Crippen LogP) is 3.69. The molecule has 1 saturated heterocycles. The van der Waals surface area contributed by atoms with Gasteiger partial charge < -0.3 is 14.2 Å². The minimum Gasteiger partial charge on any atom is -0.497 e. The number of hydrogen-bond acceptors (Lipinski definition) is 5. The molecule has 1 aliphatic heterocycles. The van der Waals surface area contributed by atoms with E-state index >= 15 is 0 Å². The molecule has 3 aromatic rings. The van der Waals surface area contributed by atoms with Gasteiger partial charge in [-0.2, -0.15) is 5.10 Å². The Bertz CT molecular complexity index is 1010. The topological polar surface area (TPSA) is 73.4 Å². The van der Waals surface area contributed by atoms with Gasteiger partial charge in [-0.3, -0.25) is 9.48 Å². The summed E-state index contributed by atoms with van der Waals surface area (Å²) in [7, 11) is 3.52. The zero-order valence-corrected chi connectivity index (χ0v) is 17.1. The maximum Gasteiger partial charge on any atom is 0.227 e. The summed E-state index contributed by atoms with van der Waals surface area (Å²) in [5, 5.41) is 8.71. The number of aromatic nitrogens is 3. The average Bonchev–Trinajstić information content (AvgIpc) is 3.33. The van der Waals surface area contributed by atoms with Crippen LogP contribution >= 0.6 is 0 Å². The van der Waals surface area contributed by atoms with Crippen LogP contribution in [0.4, 0.5) is 0 Å². The molecule has 1 aliphatic rings. The van der Waals surface area contributed by atoms with Crippen molar-refractivity contribution in [2.75, 3.05) is 13.7 Å². The van der Waals surface area contributed by atoms with Crippen LogP contribution in [-0.4, -0.2) is 39.4 Å². The summed E-state index contributed by atoms with van der Waals surface area (Å²) < 4.78 is 12.6. The van der Waals surface area contributed by atoms with E-state index in [1.54, 1.807) is 11.8 Å². The molecule has 0 saturated carbocycles. The van der Waals surface area contributed by atoms with Crippen LogP contribution in [0.25, 0.3) is 11.3 Å². The first-order valence-electron chi connectivity index (χ1n) is 9.95. The summed E-state index contributed by atoms with van der Waals surface area (Å²) in [6, 6.07) is 9.52. The Morgan fingerprint density at radius 2 is 2.17 bits per heavy atom. The Morgan fingerprint density at radius 1 is 1.31 bits per heavy atom. The lowest BCUT2D eigenvalue weighted by Crippen LogP contribution is -2.39. The molecule has 0 N–H and O–H groups in total. The normalized spacial score (nSPS) is 16.8. The zero-order chi connectivity index (χ0) is 20.4. The number of methoxy groups -OCH3 is 1. The molecule has 4 rings (SSSR count). The zero-order valence-electron chi connectivity index (χ0n) is 17.1. The van der Waals surface area contributed by atoms with Crippen LogP contribution < -0.4 is 4.74 Å². The second-order valence-electron chi connectivity index (χ2n) is 7.56. The number of hydrogen-bond donors (Lipinski definition) is 0. The molecule has 2 aromatic heterocycles. The number of amides is 1. The molecule has 1 fully saturated rings. The van der Waals surface area contributed by atoms with Gasteiger partial charge in [-0.05, 0) is 43.9 Å². The van der Waals surface area contributed by atoms with Crippen LogP contribution in [0.15, 0.2) is 41.1 Å². The van der Waals surface area contributed by atoms with Gasteiger partial charge in [0.2, 0.25) is 5.91 Å². The maximum atomic E-state index is 13.2. The van der Waals surface area contributed by atoms with E-state index in [1.807, 2.05) is 55.4 Å². The highest BCUT2D eigenvalue weighted by molar-refractivity contribution is 5.80. The highest BCUT2D eigenvalue weighted by Gasteiger charge is 2.32. The number of likely N-dealkylation sites (tertiary alicyclic amines) is 1. The predicted molar refractivity (Wildman–Crippen MR) is 108 cm³/mol. The smallest absolute Gasteiger partial charge is 0.227 e. The summed E-state index contributed by atoms with van der Waals surface area (Å²) in [6.45, 7) is 2.63. The van der Waals surface area contributed by atoms with E-state index in [1.165, 1.54) is 0 Å². The Morgan fingerprint density at radius 3 is 2.93 bits per heavy atom. The fraction of sp³-hybridized carbons (Fsp3) is 0.409. The average molecular weight is 394 g/mol. The number of nitrogens with zero attached hydrogens (tertiary/aromatic N) is 4. The van der Waals surface area contributed by atoms with E-state index in [0.29, 0.717) is 12.2 Å². The fourth-order valence-corrected chi connectivity index (χ4v) is 4.01. The van der Waals surface area contributed by atoms with Gasteiger partial charge in [0.25, 0.3) is 0 Å². The molecule has 0 spiro atoms. The van der Waals surface area contributed by atoms with Crippen molar-refractivity contribution in [1.29, 1.82) is 0 Å². The molecule has 29 heavy (non-hydrogen) atoms. The number of piperidine rings is 1. The Labute approximate surface area is 170 Å². The fourth-order valence-electron chi connectivity index (χ4n) is 4.01. The van der Waals surface area contributed by atoms with Crippen molar-refractivity contribution >= 4 is 5.91 Å². The summed E-state index contributed by atoms with van der Waals surface area (Å²) in [5.74, 6) is 1.56. The van der Waals surface area contributed by atoms with Crippen molar-refractivity contribution in [3.8, 4) is 17.1 Å². The van der Waals surface area contributed by atoms with Crippen molar-refractivity contribution in [3.05, 3.63) is 53.5 Å². The number of carbonyl (C=O) groups is 1. The van der Waals surface area contributed by atoms with E-state index in [-0.39, 0.29) is 11.9 Å². The van der Waals surface area contributed by atoms with Crippen LogP contribution in [0.1, 0.15) is 42.3 Å². The molecule has 7 nitrogen and oxygen atoms in total. The molecule has 0 aliphatic carbocycles. The standard InChI is InChI=1S/C22H26N4O3/c1-15-11-20(29-24-15)18-14-25(2)23-22(18)19-9-4-5-10-26(19)21(27)13-16-7-6-8-17(12-16)28-3/h6-8,11-12,14,19H,4-5,9-10,13H2,1-3H3/t19-/m0/s1. The van der Waals surface area contributed by atoms with Crippen molar-refractivity contribution in [2.24, 2.45) is 7.05 Å². The van der Waals surface area contributed by atoms with E-state index in [4.69, 9.17) is 14.4 Å². The number of benzene rings is 1. The molecular weight excluding hydrogens is 368 g/mol. The molecule has 0 unspecified atom stereocenters. The Kier molecular flexibility index (Phi) is 5.38. The third-order valence-electron chi connectivity index (χ3n) is 5.38. The minimum atomic E-state index is -0.0662. The van der Waals surface area contributed by atoms with Crippen molar-refractivity contribution < 1.29 is 14.1 Å². The summed E-state index contributed by atoms with van der Waals surface area (Å²) in [5.41, 5.74) is 3.55. The van der Waals surface area contributed by atoms with Gasteiger partial charge >= 0.3 is 0 Å². The molecule has 0 radical (unpaired) electrons. The second kappa shape index (κ2) is 8.11.